The average molecular weight is 297 g/mol. The molecule has 1 amide bonds. The lowest BCUT2D eigenvalue weighted by Gasteiger charge is -2.15. The number of carbonyl (C=O) groups excluding carboxylic acids is 1. The van der Waals surface area contributed by atoms with Crippen LogP contribution in [0.3, 0.4) is 0 Å². The number of rotatable bonds is 6. The van der Waals surface area contributed by atoms with E-state index >= 15 is 0 Å². The Morgan fingerprint density at radius 3 is 3.00 bits per heavy atom. The number of carbonyl (C=O) groups is 1. The molecule has 1 heterocycles. The number of aliphatic hydroxyl groups is 1. The van der Waals surface area contributed by atoms with E-state index in [1.807, 2.05) is 0 Å². The van der Waals surface area contributed by atoms with E-state index in [0.717, 1.165) is 4.70 Å². The van der Waals surface area contributed by atoms with Crippen LogP contribution in [-0.2, 0) is 4.74 Å². The quantitative estimate of drug-likeness (QED) is 0.859. The van der Waals surface area contributed by atoms with Crippen molar-refractivity contribution in [1.82, 2.24) is 5.32 Å². The van der Waals surface area contributed by atoms with Gasteiger partial charge in [0.2, 0.25) is 0 Å². The fourth-order valence-electron chi connectivity index (χ4n) is 1.94. The zero-order valence-corrected chi connectivity index (χ0v) is 11.9. The molecule has 0 radical (unpaired) electrons. The van der Waals surface area contributed by atoms with Crippen molar-refractivity contribution in [2.24, 2.45) is 0 Å². The summed E-state index contributed by atoms with van der Waals surface area (Å²) in [7, 11) is 1.54. The number of methoxy groups -OCH3 is 1. The smallest absolute Gasteiger partial charge is 0.261 e. The summed E-state index contributed by atoms with van der Waals surface area (Å²) in [5, 5.41) is 12.5. The summed E-state index contributed by atoms with van der Waals surface area (Å²) in [6.45, 7) is 0.317. The van der Waals surface area contributed by atoms with Crippen LogP contribution in [0.25, 0.3) is 10.1 Å². The highest BCUT2D eigenvalue weighted by Gasteiger charge is 2.15. The molecule has 1 aromatic carbocycles. The number of ether oxygens (including phenoxy) is 1. The van der Waals surface area contributed by atoms with E-state index in [0.29, 0.717) is 23.3 Å². The minimum absolute atomic E-state index is 0.0219. The fraction of sp³-hybridized carbons (Fsp3) is 0.357. The van der Waals surface area contributed by atoms with Crippen LogP contribution in [0.2, 0.25) is 0 Å². The molecule has 4 nitrogen and oxygen atoms in total. The summed E-state index contributed by atoms with van der Waals surface area (Å²) in [6, 6.07) is 5.87. The first kappa shape index (κ1) is 14.9. The first-order valence-corrected chi connectivity index (χ1v) is 7.05. The Morgan fingerprint density at radius 2 is 2.30 bits per heavy atom. The van der Waals surface area contributed by atoms with Crippen LogP contribution >= 0.6 is 11.3 Å². The summed E-state index contributed by atoms with van der Waals surface area (Å²) < 4.78 is 19.0. The molecule has 0 fully saturated rings. The Kier molecular flexibility index (Phi) is 5.05. The molecule has 0 bridgehead atoms. The number of hydrogen-bond acceptors (Lipinski definition) is 4. The van der Waals surface area contributed by atoms with Crippen LogP contribution in [0.5, 0.6) is 0 Å². The number of halogens is 1. The van der Waals surface area contributed by atoms with E-state index in [-0.39, 0.29) is 24.4 Å². The molecule has 1 aromatic heterocycles. The zero-order valence-electron chi connectivity index (χ0n) is 11.1. The SMILES string of the molecule is COCC(CCO)NC(=O)c1cc2cc(F)ccc2s1. The standard InChI is InChI=1S/C14H16FNO3S/c1-19-8-11(4-5-17)16-14(18)13-7-9-6-10(15)2-3-12(9)20-13/h2-3,6-7,11,17H,4-5,8H2,1H3,(H,16,18). The molecule has 2 aromatic rings. The maximum atomic E-state index is 13.1. The van der Waals surface area contributed by atoms with Gasteiger partial charge in [-0.25, -0.2) is 4.39 Å². The van der Waals surface area contributed by atoms with Crippen molar-refractivity contribution in [1.29, 1.82) is 0 Å². The van der Waals surface area contributed by atoms with Gasteiger partial charge in [0.25, 0.3) is 5.91 Å². The zero-order chi connectivity index (χ0) is 14.5. The van der Waals surface area contributed by atoms with Crippen LogP contribution in [0.1, 0.15) is 16.1 Å². The van der Waals surface area contributed by atoms with Crippen molar-refractivity contribution >= 4 is 27.3 Å². The third-order valence-corrected chi connectivity index (χ3v) is 4.00. The highest BCUT2D eigenvalue weighted by Crippen LogP contribution is 2.26. The van der Waals surface area contributed by atoms with Crippen LogP contribution in [-0.4, -0.2) is 37.4 Å². The van der Waals surface area contributed by atoms with Crippen molar-refractivity contribution in [3.05, 3.63) is 35.0 Å². The maximum Gasteiger partial charge on any atom is 0.261 e. The highest BCUT2D eigenvalue weighted by molar-refractivity contribution is 7.20. The lowest BCUT2D eigenvalue weighted by molar-refractivity contribution is 0.0883. The molecule has 0 aliphatic carbocycles. The molecular formula is C14H16FNO3S. The number of nitrogens with one attached hydrogen (secondary N) is 1. The van der Waals surface area contributed by atoms with E-state index in [9.17, 15) is 9.18 Å². The molecular weight excluding hydrogens is 281 g/mol. The van der Waals surface area contributed by atoms with E-state index in [2.05, 4.69) is 5.32 Å². The fourth-order valence-corrected chi connectivity index (χ4v) is 2.88. The van der Waals surface area contributed by atoms with Gasteiger partial charge in [-0.1, -0.05) is 0 Å². The molecule has 20 heavy (non-hydrogen) atoms. The third-order valence-electron chi connectivity index (χ3n) is 2.88. The normalized spacial score (nSPS) is 12.6. The largest absolute Gasteiger partial charge is 0.396 e. The third kappa shape index (κ3) is 3.53. The molecule has 0 spiro atoms. The van der Waals surface area contributed by atoms with E-state index in [1.165, 1.54) is 23.5 Å². The van der Waals surface area contributed by atoms with Crippen molar-refractivity contribution in [3.63, 3.8) is 0 Å². The first-order valence-electron chi connectivity index (χ1n) is 6.24. The molecule has 1 atom stereocenters. The van der Waals surface area contributed by atoms with Crippen molar-refractivity contribution in [2.45, 2.75) is 12.5 Å². The van der Waals surface area contributed by atoms with Gasteiger partial charge in [0.05, 0.1) is 17.5 Å². The summed E-state index contributed by atoms with van der Waals surface area (Å²) >= 11 is 1.31. The van der Waals surface area contributed by atoms with Gasteiger partial charge in [-0.3, -0.25) is 4.79 Å². The van der Waals surface area contributed by atoms with Gasteiger partial charge in [0.1, 0.15) is 5.82 Å². The predicted molar refractivity (Wildman–Crippen MR) is 76.6 cm³/mol. The van der Waals surface area contributed by atoms with Gasteiger partial charge in [0.15, 0.2) is 0 Å². The van der Waals surface area contributed by atoms with Crippen LogP contribution in [0.4, 0.5) is 4.39 Å². The second-order valence-corrected chi connectivity index (χ2v) is 5.51. The Bertz CT molecular complexity index is 593. The van der Waals surface area contributed by atoms with Gasteiger partial charge < -0.3 is 15.2 Å². The molecule has 2 N–H and O–H groups in total. The first-order chi connectivity index (χ1) is 9.63. The number of thiophene rings is 1. The van der Waals surface area contributed by atoms with Crippen molar-refractivity contribution in [3.8, 4) is 0 Å². The predicted octanol–water partition coefficient (Wildman–Crippen LogP) is 2.17. The number of hydrogen-bond donors (Lipinski definition) is 2. The maximum absolute atomic E-state index is 13.1. The summed E-state index contributed by atoms with van der Waals surface area (Å²) in [4.78, 5) is 12.6. The lowest BCUT2D eigenvalue weighted by atomic mass is 10.2. The Labute approximate surface area is 120 Å². The molecule has 108 valence electrons. The Morgan fingerprint density at radius 1 is 1.50 bits per heavy atom. The summed E-state index contributed by atoms with van der Waals surface area (Å²) in [5.74, 6) is -0.554. The lowest BCUT2D eigenvalue weighted by Crippen LogP contribution is -2.38. The number of fused-ring (bicyclic) bond motifs is 1. The van der Waals surface area contributed by atoms with Gasteiger partial charge in [0, 0.05) is 18.4 Å². The molecule has 0 aliphatic heterocycles. The van der Waals surface area contributed by atoms with Gasteiger partial charge >= 0.3 is 0 Å². The molecule has 0 saturated heterocycles. The van der Waals surface area contributed by atoms with Gasteiger partial charge in [-0.2, -0.15) is 0 Å². The average Bonchev–Trinajstić information content (AvgIpc) is 2.82. The number of aliphatic hydroxyl groups excluding tert-OH is 1. The van der Waals surface area contributed by atoms with E-state index in [4.69, 9.17) is 9.84 Å². The minimum Gasteiger partial charge on any atom is -0.396 e. The Balaban J connectivity index is 2.13. The van der Waals surface area contributed by atoms with Gasteiger partial charge in [-0.05, 0) is 36.1 Å². The molecule has 6 heteroatoms. The molecule has 1 unspecified atom stereocenters. The molecule has 0 aliphatic rings. The number of amides is 1. The minimum atomic E-state index is -0.320. The number of benzene rings is 1. The van der Waals surface area contributed by atoms with Crippen LogP contribution in [0.15, 0.2) is 24.3 Å². The summed E-state index contributed by atoms with van der Waals surface area (Å²) in [6.07, 6.45) is 0.430. The van der Waals surface area contributed by atoms with E-state index < -0.39 is 0 Å². The second kappa shape index (κ2) is 6.78. The van der Waals surface area contributed by atoms with Gasteiger partial charge in [-0.15, -0.1) is 11.3 Å². The summed E-state index contributed by atoms with van der Waals surface area (Å²) in [5.41, 5.74) is 0. The Hall–Kier alpha value is -1.50. The van der Waals surface area contributed by atoms with Crippen molar-refractivity contribution < 1.29 is 19.0 Å². The van der Waals surface area contributed by atoms with Crippen LogP contribution in [0, 0.1) is 5.82 Å². The second-order valence-electron chi connectivity index (χ2n) is 4.43. The highest BCUT2D eigenvalue weighted by atomic mass is 32.1. The van der Waals surface area contributed by atoms with E-state index in [1.54, 1.807) is 19.2 Å². The molecule has 0 saturated carbocycles. The topological polar surface area (TPSA) is 58.6 Å². The van der Waals surface area contributed by atoms with Crippen LogP contribution < -0.4 is 5.32 Å². The monoisotopic (exact) mass is 297 g/mol. The molecule has 2 rings (SSSR count). The van der Waals surface area contributed by atoms with Crippen molar-refractivity contribution in [2.75, 3.05) is 20.3 Å².